The van der Waals surface area contributed by atoms with Gasteiger partial charge >= 0.3 is 5.97 Å². The Labute approximate surface area is 191 Å². The van der Waals surface area contributed by atoms with E-state index in [0.29, 0.717) is 5.69 Å². The number of aliphatic hydroxyl groups is 1. The summed E-state index contributed by atoms with van der Waals surface area (Å²) in [7, 11) is 0. The van der Waals surface area contributed by atoms with E-state index >= 15 is 0 Å². The SMILES string of the molecule is CC(=O)N(c1nc(COC(=O)c2cc([N+](=O)[O-])ccc2NCCO)cs1)c1ccccc1F. The Bertz CT molecular complexity index is 1190. The topological polar surface area (TPSA) is 135 Å². The van der Waals surface area contributed by atoms with Crippen LogP contribution in [0.1, 0.15) is 23.0 Å². The van der Waals surface area contributed by atoms with E-state index in [9.17, 15) is 24.1 Å². The predicted octanol–water partition coefficient (Wildman–Crippen LogP) is 3.64. The van der Waals surface area contributed by atoms with E-state index in [0.717, 1.165) is 22.3 Å². The summed E-state index contributed by atoms with van der Waals surface area (Å²) in [6.45, 7) is 0.920. The number of benzene rings is 2. The van der Waals surface area contributed by atoms with Gasteiger partial charge in [0.2, 0.25) is 5.91 Å². The Hall–Kier alpha value is -3.90. The number of esters is 1. The molecule has 33 heavy (non-hydrogen) atoms. The summed E-state index contributed by atoms with van der Waals surface area (Å²) < 4.78 is 19.4. The highest BCUT2D eigenvalue weighted by atomic mass is 32.1. The zero-order chi connectivity index (χ0) is 24.0. The second kappa shape index (κ2) is 10.6. The largest absolute Gasteiger partial charge is 0.455 e. The lowest BCUT2D eigenvalue weighted by Crippen LogP contribution is -2.23. The number of non-ortho nitro benzene ring substituents is 1. The zero-order valence-corrected chi connectivity index (χ0v) is 18.2. The van der Waals surface area contributed by atoms with Crippen LogP contribution in [0.4, 0.5) is 26.6 Å². The van der Waals surface area contributed by atoms with Crippen LogP contribution in [-0.4, -0.2) is 40.0 Å². The second-order valence-electron chi connectivity index (χ2n) is 6.64. The number of aromatic nitrogens is 1. The number of rotatable bonds is 9. The molecule has 0 aliphatic heterocycles. The van der Waals surface area contributed by atoms with Crippen molar-refractivity contribution in [2.75, 3.05) is 23.4 Å². The van der Waals surface area contributed by atoms with E-state index in [4.69, 9.17) is 9.84 Å². The Morgan fingerprint density at radius 2 is 2.06 bits per heavy atom. The fourth-order valence-corrected chi connectivity index (χ4v) is 3.75. The van der Waals surface area contributed by atoms with Gasteiger partial charge < -0.3 is 15.2 Å². The fourth-order valence-electron chi connectivity index (χ4n) is 2.88. The maximum absolute atomic E-state index is 14.2. The van der Waals surface area contributed by atoms with E-state index in [-0.39, 0.29) is 47.5 Å². The van der Waals surface area contributed by atoms with E-state index in [1.54, 1.807) is 11.4 Å². The highest BCUT2D eigenvalue weighted by Gasteiger charge is 2.22. The quantitative estimate of drug-likeness (QED) is 0.273. The molecule has 10 nitrogen and oxygen atoms in total. The molecule has 2 aromatic carbocycles. The monoisotopic (exact) mass is 474 g/mol. The lowest BCUT2D eigenvalue weighted by atomic mass is 10.1. The van der Waals surface area contributed by atoms with Crippen LogP contribution in [0.3, 0.4) is 0 Å². The first-order chi connectivity index (χ1) is 15.8. The van der Waals surface area contributed by atoms with Crippen molar-refractivity contribution < 1.29 is 28.7 Å². The van der Waals surface area contributed by atoms with Crippen LogP contribution in [0.5, 0.6) is 0 Å². The van der Waals surface area contributed by atoms with Gasteiger partial charge in [-0.05, 0) is 18.2 Å². The van der Waals surface area contributed by atoms with E-state index in [2.05, 4.69) is 10.3 Å². The van der Waals surface area contributed by atoms with Crippen LogP contribution in [-0.2, 0) is 16.1 Å². The average molecular weight is 474 g/mol. The average Bonchev–Trinajstić information content (AvgIpc) is 3.25. The van der Waals surface area contributed by atoms with Gasteiger partial charge in [0, 0.05) is 36.7 Å². The van der Waals surface area contributed by atoms with Gasteiger partial charge in [0.1, 0.15) is 12.4 Å². The van der Waals surface area contributed by atoms with Gasteiger partial charge in [-0.2, -0.15) is 0 Å². The second-order valence-corrected chi connectivity index (χ2v) is 7.48. The Balaban J connectivity index is 1.78. The molecular formula is C21H19FN4O6S. The number of ether oxygens (including phenoxy) is 1. The summed E-state index contributed by atoms with van der Waals surface area (Å²) in [5.74, 6) is -1.88. The van der Waals surface area contributed by atoms with Gasteiger partial charge in [0.05, 0.1) is 28.5 Å². The van der Waals surface area contributed by atoms with E-state index < -0.39 is 22.6 Å². The van der Waals surface area contributed by atoms with Crippen LogP contribution >= 0.6 is 11.3 Å². The predicted molar refractivity (Wildman–Crippen MR) is 119 cm³/mol. The molecule has 12 heteroatoms. The number of hydrogen-bond donors (Lipinski definition) is 2. The third-order valence-electron chi connectivity index (χ3n) is 4.35. The number of carbonyl (C=O) groups excluding carboxylic acids is 2. The molecule has 0 aliphatic rings. The van der Waals surface area contributed by atoms with Crippen molar-refractivity contribution in [3.63, 3.8) is 0 Å². The Morgan fingerprint density at radius 3 is 2.73 bits per heavy atom. The molecule has 0 unspecified atom stereocenters. The van der Waals surface area contributed by atoms with Gasteiger partial charge in [0.15, 0.2) is 5.13 Å². The molecule has 0 aliphatic carbocycles. The number of carbonyl (C=O) groups is 2. The molecule has 0 radical (unpaired) electrons. The number of aliphatic hydroxyl groups excluding tert-OH is 1. The number of nitrogens with one attached hydrogen (secondary N) is 1. The van der Waals surface area contributed by atoms with Gasteiger partial charge in [-0.3, -0.25) is 19.8 Å². The molecule has 3 aromatic rings. The molecule has 0 atom stereocenters. The molecule has 0 saturated heterocycles. The lowest BCUT2D eigenvalue weighted by molar-refractivity contribution is -0.384. The highest BCUT2D eigenvalue weighted by Crippen LogP contribution is 2.31. The molecular weight excluding hydrogens is 455 g/mol. The number of anilines is 3. The number of hydrogen-bond acceptors (Lipinski definition) is 9. The van der Waals surface area contributed by atoms with Gasteiger partial charge in [-0.1, -0.05) is 12.1 Å². The van der Waals surface area contributed by atoms with Crippen molar-refractivity contribution in [2.45, 2.75) is 13.5 Å². The molecule has 0 bridgehead atoms. The summed E-state index contributed by atoms with van der Waals surface area (Å²) in [5.41, 5.74) is 0.237. The first-order valence-electron chi connectivity index (χ1n) is 9.61. The summed E-state index contributed by atoms with van der Waals surface area (Å²) in [4.78, 5) is 40.5. The van der Waals surface area contributed by atoms with Crippen molar-refractivity contribution >= 4 is 45.4 Å². The number of nitro groups is 1. The molecule has 2 N–H and O–H groups in total. The summed E-state index contributed by atoms with van der Waals surface area (Å²) in [5, 5.41) is 24.6. The van der Waals surface area contributed by atoms with Crippen molar-refractivity contribution in [1.82, 2.24) is 4.98 Å². The highest BCUT2D eigenvalue weighted by molar-refractivity contribution is 7.14. The minimum absolute atomic E-state index is 0.0408. The van der Waals surface area contributed by atoms with Gasteiger partial charge in [-0.15, -0.1) is 11.3 Å². The molecule has 1 amide bonds. The molecule has 1 aromatic heterocycles. The van der Waals surface area contributed by atoms with Crippen LogP contribution in [0, 0.1) is 15.9 Å². The van der Waals surface area contributed by atoms with Crippen LogP contribution < -0.4 is 10.2 Å². The minimum Gasteiger partial charge on any atom is -0.455 e. The van der Waals surface area contributed by atoms with Crippen LogP contribution in [0.25, 0.3) is 0 Å². The summed E-state index contributed by atoms with van der Waals surface area (Å²) in [6.07, 6.45) is 0. The lowest BCUT2D eigenvalue weighted by Gasteiger charge is -2.18. The van der Waals surface area contributed by atoms with Crippen molar-refractivity contribution in [3.8, 4) is 0 Å². The number of nitrogens with zero attached hydrogens (tertiary/aromatic N) is 3. The minimum atomic E-state index is -0.841. The Morgan fingerprint density at radius 1 is 1.30 bits per heavy atom. The number of nitro benzene ring substituents is 1. The molecule has 172 valence electrons. The smallest absolute Gasteiger partial charge is 0.340 e. The third-order valence-corrected chi connectivity index (χ3v) is 5.23. The van der Waals surface area contributed by atoms with E-state index in [1.807, 2.05) is 0 Å². The van der Waals surface area contributed by atoms with Crippen LogP contribution in [0.15, 0.2) is 47.8 Å². The number of halogens is 1. The molecule has 0 fully saturated rings. The number of para-hydroxylation sites is 1. The molecule has 0 spiro atoms. The van der Waals surface area contributed by atoms with Crippen molar-refractivity contribution in [2.24, 2.45) is 0 Å². The molecule has 0 saturated carbocycles. The standard InChI is InChI=1S/C21H19FN4O6S/c1-13(28)25(19-5-3-2-4-17(19)22)21-24-14(12-33-21)11-32-20(29)16-10-15(26(30)31)6-7-18(16)23-8-9-27/h2-7,10,12,23,27H,8-9,11H2,1H3. The molecule has 1 heterocycles. The summed E-state index contributed by atoms with van der Waals surface area (Å²) in [6, 6.07) is 9.41. The number of thiazole rings is 1. The van der Waals surface area contributed by atoms with E-state index in [1.165, 1.54) is 37.3 Å². The summed E-state index contributed by atoms with van der Waals surface area (Å²) >= 11 is 1.06. The zero-order valence-electron chi connectivity index (χ0n) is 17.4. The third kappa shape index (κ3) is 5.67. The normalized spacial score (nSPS) is 10.5. The maximum atomic E-state index is 14.2. The first kappa shape index (κ1) is 23.8. The first-order valence-corrected chi connectivity index (χ1v) is 10.5. The number of amides is 1. The van der Waals surface area contributed by atoms with Gasteiger partial charge in [0.25, 0.3) is 5.69 Å². The van der Waals surface area contributed by atoms with Crippen molar-refractivity contribution in [1.29, 1.82) is 0 Å². The fraction of sp³-hybridized carbons (Fsp3) is 0.190. The van der Waals surface area contributed by atoms with Crippen LogP contribution in [0.2, 0.25) is 0 Å². The van der Waals surface area contributed by atoms with Crippen molar-refractivity contribution in [3.05, 3.63) is 75.0 Å². The Kier molecular flexibility index (Phi) is 7.64. The molecule has 3 rings (SSSR count). The van der Waals surface area contributed by atoms with Gasteiger partial charge in [-0.25, -0.2) is 14.2 Å². The maximum Gasteiger partial charge on any atom is 0.340 e.